The number of esters is 2. The molecule has 1 aromatic carbocycles. The summed E-state index contributed by atoms with van der Waals surface area (Å²) < 4.78 is 14.4. The van der Waals surface area contributed by atoms with Crippen LogP contribution in [0.2, 0.25) is 0 Å². The van der Waals surface area contributed by atoms with Gasteiger partial charge in [0.1, 0.15) is 6.54 Å². The van der Waals surface area contributed by atoms with Gasteiger partial charge in [-0.25, -0.2) is 4.79 Å². The number of amides is 1. The Bertz CT molecular complexity index is 620. The highest BCUT2D eigenvalue weighted by molar-refractivity contribution is 5.93. The van der Waals surface area contributed by atoms with Crippen LogP contribution in [0.1, 0.15) is 12.0 Å². The fraction of sp³-hybridized carbons (Fsp3) is 0.412. The molecular weight excluding hydrogens is 342 g/mol. The van der Waals surface area contributed by atoms with Crippen LogP contribution in [0.25, 0.3) is 0 Å². The molecule has 0 saturated carbocycles. The number of guanidine groups is 1. The number of rotatable bonds is 8. The van der Waals surface area contributed by atoms with E-state index in [1.807, 2.05) is 30.3 Å². The van der Waals surface area contributed by atoms with Crippen molar-refractivity contribution >= 4 is 24.0 Å². The molecule has 1 rings (SSSR count). The molecular formula is C17H23N3O6. The van der Waals surface area contributed by atoms with Crippen LogP contribution in [0.15, 0.2) is 30.3 Å². The first-order valence-electron chi connectivity index (χ1n) is 7.92. The highest BCUT2D eigenvalue weighted by Crippen LogP contribution is 2.01. The van der Waals surface area contributed by atoms with E-state index in [-0.39, 0.29) is 38.1 Å². The molecule has 0 heterocycles. The normalized spacial score (nSPS) is 9.77. The molecule has 0 aromatic heterocycles. The fourth-order valence-electron chi connectivity index (χ4n) is 1.79. The van der Waals surface area contributed by atoms with Gasteiger partial charge in [-0.2, -0.15) is 0 Å². The summed E-state index contributed by atoms with van der Waals surface area (Å²) in [6.07, 6.45) is -0.312. The Hall–Kier alpha value is -3.10. The Morgan fingerprint density at radius 3 is 2.38 bits per heavy atom. The number of carbonyl (C=O) groups is 3. The number of hydrogen-bond acceptors (Lipinski definition) is 7. The van der Waals surface area contributed by atoms with Crippen LogP contribution in [0.3, 0.4) is 0 Å². The van der Waals surface area contributed by atoms with Crippen LogP contribution < -0.4 is 5.32 Å². The highest BCUT2D eigenvalue weighted by Gasteiger charge is 2.13. The minimum Gasteiger partial charge on any atom is -0.468 e. The van der Waals surface area contributed by atoms with Crippen molar-refractivity contribution in [1.29, 1.82) is 5.41 Å². The molecule has 1 amide bonds. The largest absolute Gasteiger partial charge is 0.468 e. The lowest BCUT2D eigenvalue weighted by molar-refractivity contribution is -0.143. The number of hydrogen-bond donors (Lipinski definition) is 2. The van der Waals surface area contributed by atoms with Gasteiger partial charge in [0.2, 0.25) is 5.96 Å². The number of alkyl carbamates (subject to hydrolysis) is 1. The Morgan fingerprint density at radius 2 is 1.73 bits per heavy atom. The molecule has 0 spiro atoms. The number of methoxy groups -OCH3 is 1. The van der Waals surface area contributed by atoms with E-state index >= 15 is 0 Å². The average Bonchev–Trinajstić information content (AvgIpc) is 2.61. The maximum atomic E-state index is 11.6. The third-order valence-corrected chi connectivity index (χ3v) is 3.17. The summed E-state index contributed by atoms with van der Waals surface area (Å²) in [6.45, 7) is -0.0237. The van der Waals surface area contributed by atoms with Crippen molar-refractivity contribution in [1.82, 2.24) is 10.2 Å². The van der Waals surface area contributed by atoms with E-state index in [1.54, 1.807) is 0 Å². The number of likely N-dealkylation sites (N-methyl/N-ethyl adjacent to an activating group) is 1. The fourth-order valence-corrected chi connectivity index (χ4v) is 1.79. The lowest BCUT2D eigenvalue weighted by atomic mass is 10.2. The number of nitrogens with one attached hydrogen (secondary N) is 2. The summed E-state index contributed by atoms with van der Waals surface area (Å²) in [4.78, 5) is 35.4. The van der Waals surface area contributed by atoms with Gasteiger partial charge in [-0.05, 0) is 5.56 Å². The van der Waals surface area contributed by atoms with Crippen LogP contribution in [0.5, 0.6) is 0 Å². The van der Waals surface area contributed by atoms with Crippen molar-refractivity contribution in [2.45, 2.75) is 12.8 Å². The Balaban J connectivity index is 2.13. The molecule has 0 aliphatic carbocycles. The summed E-state index contributed by atoms with van der Waals surface area (Å²) in [5.74, 6) is -1.19. The first-order chi connectivity index (χ1) is 12.4. The summed E-state index contributed by atoms with van der Waals surface area (Å²) in [6, 6.07) is 9.22. The molecule has 1 aromatic rings. The molecule has 0 bridgehead atoms. The highest BCUT2D eigenvalue weighted by atomic mass is 16.6. The second-order valence-corrected chi connectivity index (χ2v) is 5.28. The van der Waals surface area contributed by atoms with Gasteiger partial charge in [0.05, 0.1) is 26.7 Å². The van der Waals surface area contributed by atoms with Crippen LogP contribution in [0.4, 0.5) is 4.79 Å². The Labute approximate surface area is 151 Å². The van der Waals surface area contributed by atoms with E-state index in [2.05, 4.69) is 10.1 Å². The summed E-state index contributed by atoms with van der Waals surface area (Å²) in [7, 11) is 2.68. The van der Waals surface area contributed by atoms with Crippen LogP contribution >= 0.6 is 0 Å². The molecule has 142 valence electrons. The molecule has 2 N–H and O–H groups in total. The van der Waals surface area contributed by atoms with E-state index in [0.717, 1.165) is 5.56 Å². The standard InChI is InChI=1S/C17H23N3O6/c1-20(12-15(22)24-2)16(18)19-17(23)26-10-6-9-25-14(21)11-13-7-4-3-5-8-13/h3-5,7-8H,6,9-12H2,1-2H3,(H2,18,19,23). The van der Waals surface area contributed by atoms with Crippen molar-refractivity contribution in [2.24, 2.45) is 0 Å². The van der Waals surface area contributed by atoms with E-state index in [9.17, 15) is 14.4 Å². The molecule has 9 nitrogen and oxygen atoms in total. The van der Waals surface area contributed by atoms with Gasteiger partial charge in [0, 0.05) is 13.5 Å². The maximum absolute atomic E-state index is 11.6. The third kappa shape index (κ3) is 8.67. The zero-order valence-corrected chi connectivity index (χ0v) is 14.8. The monoisotopic (exact) mass is 365 g/mol. The van der Waals surface area contributed by atoms with Gasteiger partial charge in [0.25, 0.3) is 0 Å². The predicted molar refractivity (Wildman–Crippen MR) is 92.6 cm³/mol. The summed E-state index contributed by atoms with van der Waals surface area (Å²) >= 11 is 0. The number of carbonyl (C=O) groups excluding carboxylic acids is 3. The molecule has 0 aliphatic heterocycles. The zero-order chi connectivity index (χ0) is 19.4. The summed E-state index contributed by atoms with van der Waals surface area (Å²) in [5.41, 5.74) is 0.864. The molecule has 0 fully saturated rings. The second-order valence-electron chi connectivity index (χ2n) is 5.28. The first kappa shape index (κ1) is 20.9. The average molecular weight is 365 g/mol. The van der Waals surface area contributed by atoms with E-state index in [4.69, 9.17) is 14.9 Å². The van der Waals surface area contributed by atoms with Gasteiger partial charge < -0.3 is 19.1 Å². The predicted octanol–water partition coefficient (Wildman–Crippen LogP) is 0.928. The molecule has 9 heteroatoms. The van der Waals surface area contributed by atoms with Crippen LogP contribution in [-0.4, -0.2) is 62.8 Å². The van der Waals surface area contributed by atoms with Gasteiger partial charge in [-0.3, -0.25) is 20.3 Å². The van der Waals surface area contributed by atoms with Crippen molar-refractivity contribution in [3.05, 3.63) is 35.9 Å². The third-order valence-electron chi connectivity index (χ3n) is 3.17. The quantitative estimate of drug-likeness (QED) is 0.231. The lowest BCUT2D eigenvalue weighted by Crippen LogP contribution is -2.44. The number of benzene rings is 1. The maximum Gasteiger partial charge on any atom is 0.413 e. The molecule has 0 saturated heterocycles. The van der Waals surface area contributed by atoms with Gasteiger partial charge in [-0.1, -0.05) is 30.3 Å². The lowest BCUT2D eigenvalue weighted by Gasteiger charge is -2.18. The Kier molecular flexibility index (Phi) is 9.23. The molecule has 26 heavy (non-hydrogen) atoms. The van der Waals surface area contributed by atoms with Crippen molar-refractivity contribution in [3.63, 3.8) is 0 Å². The van der Waals surface area contributed by atoms with Crippen molar-refractivity contribution in [3.8, 4) is 0 Å². The number of nitrogens with zero attached hydrogens (tertiary/aromatic N) is 1. The van der Waals surface area contributed by atoms with Gasteiger partial charge in [-0.15, -0.1) is 0 Å². The summed E-state index contributed by atoms with van der Waals surface area (Å²) in [5, 5.41) is 9.78. The molecule has 0 radical (unpaired) electrons. The van der Waals surface area contributed by atoms with Crippen LogP contribution in [-0.2, 0) is 30.2 Å². The molecule has 0 atom stereocenters. The SMILES string of the molecule is COC(=O)CN(C)C(=N)NC(=O)OCCCOC(=O)Cc1ccccc1. The van der Waals surface area contributed by atoms with Gasteiger partial charge >= 0.3 is 18.0 Å². The minimum absolute atomic E-state index is 0.0262. The topological polar surface area (TPSA) is 118 Å². The minimum atomic E-state index is -0.831. The van der Waals surface area contributed by atoms with Crippen molar-refractivity contribution < 1.29 is 28.6 Å². The van der Waals surface area contributed by atoms with E-state index in [1.165, 1.54) is 19.1 Å². The van der Waals surface area contributed by atoms with E-state index < -0.39 is 12.1 Å². The second kappa shape index (κ2) is 11.5. The zero-order valence-electron chi connectivity index (χ0n) is 14.8. The van der Waals surface area contributed by atoms with Crippen molar-refractivity contribution in [2.75, 3.05) is 33.9 Å². The molecule has 0 aliphatic rings. The van der Waals surface area contributed by atoms with Crippen LogP contribution in [0, 0.1) is 5.41 Å². The Morgan fingerprint density at radius 1 is 1.08 bits per heavy atom. The molecule has 0 unspecified atom stereocenters. The smallest absolute Gasteiger partial charge is 0.413 e. The van der Waals surface area contributed by atoms with Gasteiger partial charge in [0.15, 0.2) is 0 Å². The first-order valence-corrected chi connectivity index (χ1v) is 7.92. The van der Waals surface area contributed by atoms with E-state index in [0.29, 0.717) is 6.42 Å². The number of ether oxygens (including phenoxy) is 3.